The summed E-state index contributed by atoms with van der Waals surface area (Å²) in [5, 5.41) is 6.68. The van der Waals surface area contributed by atoms with Gasteiger partial charge >= 0.3 is 0 Å². The van der Waals surface area contributed by atoms with Crippen LogP contribution in [0.4, 0.5) is 14.6 Å². The van der Waals surface area contributed by atoms with E-state index in [0.29, 0.717) is 0 Å². The minimum absolute atomic E-state index is 0.0273. The minimum Gasteiger partial charge on any atom is -0.383 e. The van der Waals surface area contributed by atoms with Crippen molar-refractivity contribution < 1.29 is 26.7 Å². The number of anilines is 1. The molecule has 0 spiro atoms. The molecule has 0 fully saturated rings. The van der Waals surface area contributed by atoms with E-state index in [2.05, 4.69) is 15.4 Å². The number of sulfone groups is 1. The summed E-state index contributed by atoms with van der Waals surface area (Å²) in [6.45, 7) is 1.99. The second-order valence-corrected chi connectivity index (χ2v) is 7.62. The molecule has 0 amide bonds. The summed E-state index contributed by atoms with van der Waals surface area (Å²) in [4.78, 5) is 15.3. The van der Waals surface area contributed by atoms with E-state index < -0.39 is 22.0 Å². The van der Waals surface area contributed by atoms with Gasteiger partial charge in [-0.3, -0.25) is 4.79 Å². The van der Waals surface area contributed by atoms with Crippen LogP contribution in [0.25, 0.3) is 5.82 Å². The van der Waals surface area contributed by atoms with Crippen molar-refractivity contribution in [3.63, 3.8) is 0 Å². The molecular weight excluding hydrogens is 370 g/mol. The Hall–Kier alpha value is -2.40. The summed E-state index contributed by atoms with van der Waals surface area (Å²) < 4.78 is 55.6. The third-order valence-electron chi connectivity index (χ3n) is 3.44. The Balaban J connectivity index is 2.57. The van der Waals surface area contributed by atoms with Crippen molar-refractivity contribution in [1.82, 2.24) is 14.8 Å². The first-order valence-corrected chi connectivity index (χ1v) is 9.36. The van der Waals surface area contributed by atoms with Crippen LogP contribution in [0.15, 0.2) is 23.2 Å². The fourth-order valence-corrected chi connectivity index (χ4v) is 2.83. The van der Waals surface area contributed by atoms with E-state index in [0.717, 1.165) is 17.1 Å². The van der Waals surface area contributed by atoms with E-state index in [1.54, 1.807) is 6.92 Å². The Labute approximate surface area is 149 Å². The molecule has 0 aromatic carbocycles. The smallest absolute Gasteiger partial charge is 0.282 e. The van der Waals surface area contributed by atoms with Crippen molar-refractivity contribution in [1.29, 1.82) is 0 Å². The SMILES string of the molecule is COCC(C)Nc1c(C=O)c(C(F)F)nn1-c1ccc(S(C)(=O)=O)cn1. The van der Waals surface area contributed by atoms with Crippen LogP contribution in [0, 0.1) is 0 Å². The fraction of sp³-hybridized carbons (Fsp3) is 0.400. The molecular formula is C15H18F2N4O4S. The number of methoxy groups -OCH3 is 1. The van der Waals surface area contributed by atoms with Crippen LogP contribution >= 0.6 is 0 Å². The highest BCUT2D eigenvalue weighted by atomic mass is 32.2. The van der Waals surface area contributed by atoms with Gasteiger partial charge in [0.25, 0.3) is 6.43 Å². The molecule has 26 heavy (non-hydrogen) atoms. The number of aromatic nitrogens is 3. The lowest BCUT2D eigenvalue weighted by Crippen LogP contribution is -2.23. The number of nitrogens with one attached hydrogen (secondary N) is 1. The molecule has 1 atom stereocenters. The summed E-state index contributed by atoms with van der Waals surface area (Å²) in [6.07, 6.45) is -0.559. The molecule has 0 bridgehead atoms. The van der Waals surface area contributed by atoms with E-state index in [1.165, 1.54) is 19.2 Å². The van der Waals surface area contributed by atoms with E-state index >= 15 is 0 Å². The molecule has 1 unspecified atom stereocenters. The third kappa shape index (κ3) is 4.22. The Morgan fingerprint density at radius 3 is 2.54 bits per heavy atom. The van der Waals surface area contributed by atoms with Crippen LogP contribution in [-0.2, 0) is 14.6 Å². The highest BCUT2D eigenvalue weighted by Crippen LogP contribution is 2.29. The van der Waals surface area contributed by atoms with Gasteiger partial charge in [0, 0.05) is 25.6 Å². The fourth-order valence-electron chi connectivity index (χ4n) is 2.27. The van der Waals surface area contributed by atoms with Gasteiger partial charge in [0.1, 0.15) is 11.5 Å². The highest BCUT2D eigenvalue weighted by Gasteiger charge is 2.26. The van der Waals surface area contributed by atoms with E-state index in [1.807, 2.05) is 0 Å². The zero-order valence-electron chi connectivity index (χ0n) is 14.3. The van der Waals surface area contributed by atoms with Gasteiger partial charge in [0.2, 0.25) is 0 Å². The lowest BCUT2D eigenvalue weighted by Gasteiger charge is -2.16. The van der Waals surface area contributed by atoms with Gasteiger partial charge in [-0.1, -0.05) is 0 Å². The Morgan fingerprint density at radius 2 is 2.08 bits per heavy atom. The largest absolute Gasteiger partial charge is 0.383 e. The van der Waals surface area contributed by atoms with E-state index in [9.17, 15) is 22.0 Å². The van der Waals surface area contributed by atoms with Crippen LogP contribution in [-0.4, -0.2) is 55.5 Å². The number of hydrogen-bond donors (Lipinski definition) is 1. The molecule has 0 saturated carbocycles. The Morgan fingerprint density at radius 1 is 1.38 bits per heavy atom. The zero-order valence-corrected chi connectivity index (χ0v) is 15.1. The molecule has 11 heteroatoms. The second kappa shape index (κ2) is 7.87. The van der Waals surface area contributed by atoms with Crippen LogP contribution in [0.5, 0.6) is 0 Å². The summed E-state index contributed by atoms with van der Waals surface area (Å²) in [7, 11) is -1.98. The maximum atomic E-state index is 13.2. The molecule has 0 radical (unpaired) electrons. The van der Waals surface area contributed by atoms with Crippen LogP contribution in [0.1, 0.15) is 29.4 Å². The lowest BCUT2D eigenvalue weighted by atomic mass is 10.2. The monoisotopic (exact) mass is 388 g/mol. The number of aldehydes is 1. The molecule has 0 saturated heterocycles. The summed E-state index contributed by atoms with van der Waals surface area (Å²) in [5.74, 6) is 0.110. The minimum atomic E-state index is -3.46. The zero-order chi connectivity index (χ0) is 19.5. The van der Waals surface area contributed by atoms with Crippen molar-refractivity contribution >= 4 is 21.9 Å². The Bertz CT molecular complexity index is 882. The standard InChI is InChI=1S/C15H18F2N4O4S/c1-9(8-25-2)19-15-11(7-22)13(14(16)17)20-21(15)12-5-4-10(6-18-12)26(3,23)24/h4-7,9,14,19H,8H2,1-3H3. The number of carbonyl (C=O) groups is 1. The average Bonchev–Trinajstić information content (AvgIpc) is 2.93. The van der Waals surface area contributed by atoms with Crippen molar-refractivity contribution in [3.05, 3.63) is 29.6 Å². The van der Waals surface area contributed by atoms with Crippen molar-refractivity contribution in [3.8, 4) is 5.82 Å². The predicted molar refractivity (Wildman–Crippen MR) is 89.8 cm³/mol. The molecule has 8 nitrogen and oxygen atoms in total. The van der Waals surface area contributed by atoms with E-state index in [4.69, 9.17) is 4.74 Å². The van der Waals surface area contributed by atoms with Gasteiger partial charge in [-0.05, 0) is 19.1 Å². The van der Waals surface area contributed by atoms with Gasteiger partial charge in [-0.15, -0.1) is 0 Å². The number of hydrogen-bond acceptors (Lipinski definition) is 7. The van der Waals surface area contributed by atoms with Crippen molar-refractivity contribution in [2.24, 2.45) is 0 Å². The van der Waals surface area contributed by atoms with Gasteiger partial charge in [0.15, 0.2) is 21.9 Å². The predicted octanol–water partition coefficient (Wildman–Crippen LogP) is 1.87. The number of rotatable bonds is 8. The number of halogens is 2. The molecule has 1 N–H and O–H groups in total. The van der Waals surface area contributed by atoms with Gasteiger partial charge in [0.05, 0.1) is 17.1 Å². The molecule has 2 aromatic heterocycles. The molecule has 0 aliphatic rings. The molecule has 2 aromatic rings. The Kier molecular flexibility index (Phi) is 6.03. The summed E-state index contributed by atoms with van der Waals surface area (Å²) in [5.41, 5.74) is -0.988. The van der Waals surface area contributed by atoms with E-state index in [-0.39, 0.29) is 41.0 Å². The first-order valence-electron chi connectivity index (χ1n) is 7.47. The lowest BCUT2D eigenvalue weighted by molar-refractivity contribution is 0.110. The topological polar surface area (TPSA) is 103 Å². The number of carbonyl (C=O) groups excluding carboxylic acids is 1. The van der Waals surface area contributed by atoms with Gasteiger partial charge in [-0.2, -0.15) is 9.78 Å². The number of nitrogens with zero attached hydrogens (tertiary/aromatic N) is 3. The van der Waals surface area contributed by atoms with Gasteiger partial charge < -0.3 is 10.1 Å². The number of pyridine rings is 1. The van der Waals surface area contributed by atoms with Crippen LogP contribution in [0.2, 0.25) is 0 Å². The maximum Gasteiger partial charge on any atom is 0.282 e. The normalized spacial score (nSPS) is 13.0. The summed E-state index contributed by atoms with van der Waals surface area (Å²) >= 11 is 0. The number of alkyl halides is 2. The molecule has 142 valence electrons. The summed E-state index contributed by atoms with van der Waals surface area (Å²) in [6, 6.07) is 2.29. The van der Waals surface area contributed by atoms with Crippen molar-refractivity contribution in [2.45, 2.75) is 24.3 Å². The quantitative estimate of drug-likeness (QED) is 0.689. The first kappa shape index (κ1) is 19.9. The van der Waals surface area contributed by atoms with Crippen molar-refractivity contribution in [2.75, 3.05) is 25.3 Å². The molecule has 2 rings (SSSR count). The average molecular weight is 388 g/mol. The third-order valence-corrected chi connectivity index (χ3v) is 4.54. The van der Waals surface area contributed by atoms with Gasteiger partial charge in [-0.25, -0.2) is 22.2 Å². The molecule has 0 aliphatic carbocycles. The first-order chi connectivity index (χ1) is 12.2. The molecule has 2 heterocycles. The highest BCUT2D eigenvalue weighted by molar-refractivity contribution is 7.90. The molecule has 0 aliphatic heterocycles. The van der Waals surface area contributed by atoms with Crippen LogP contribution in [0.3, 0.4) is 0 Å². The van der Waals surface area contributed by atoms with Crippen LogP contribution < -0.4 is 5.32 Å². The second-order valence-electron chi connectivity index (χ2n) is 5.60. The maximum absolute atomic E-state index is 13.2. The number of ether oxygens (including phenoxy) is 1.